The van der Waals surface area contributed by atoms with E-state index >= 15 is 0 Å². The number of thiazole rings is 1. The summed E-state index contributed by atoms with van der Waals surface area (Å²) >= 11 is 1.28. The van der Waals surface area contributed by atoms with Crippen LogP contribution in [0.15, 0.2) is 40.5 Å². The van der Waals surface area contributed by atoms with Crippen LogP contribution >= 0.6 is 11.3 Å². The number of hydrogen-bond donors (Lipinski definition) is 0. The van der Waals surface area contributed by atoms with Gasteiger partial charge in [-0.15, -0.1) is 0 Å². The lowest BCUT2D eigenvalue weighted by Gasteiger charge is -2.20. The molecule has 4 heteroatoms. The number of aryl methyl sites for hydroxylation is 1. The normalized spacial score (nSPS) is 11.1. The van der Waals surface area contributed by atoms with Gasteiger partial charge in [0.05, 0.1) is 0 Å². The Kier molecular flexibility index (Phi) is 4.93. The van der Waals surface area contributed by atoms with Crippen LogP contribution in [0.1, 0.15) is 18.2 Å². The summed E-state index contributed by atoms with van der Waals surface area (Å²) in [7, 11) is 0. The van der Waals surface area contributed by atoms with Crippen LogP contribution < -0.4 is 4.87 Å². The number of nitrogens with zero attached hydrogens (tertiary/aromatic N) is 2. The van der Waals surface area contributed by atoms with Crippen molar-refractivity contribution in [1.29, 1.82) is 0 Å². The molecule has 0 aliphatic heterocycles. The molecule has 0 bridgehead atoms. The predicted octanol–water partition coefficient (Wildman–Crippen LogP) is 2.74. The number of benzene rings is 1. The van der Waals surface area contributed by atoms with Gasteiger partial charge in [0.15, 0.2) is 0 Å². The summed E-state index contributed by atoms with van der Waals surface area (Å²) in [5, 5.41) is 1.93. The van der Waals surface area contributed by atoms with Crippen molar-refractivity contribution in [3.8, 4) is 0 Å². The van der Waals surface area contributed by atoms with E-state index in [-0.39, 0.29) is 4.87 Å². The van der Waals surface area contributed by atoms with E-state index in [0.717, 1.165) is 31.9 Å². The standard InChI is InChI=1S/C15H20N2OS/c1-3-16(11-14-7-5-4-6-8-14)9-10-17-13(2)12-19-15(17)18/h4-8,12H,3,9-11H2,1-2H3. The minimum absolute atomic E-state index is 0.147. The van der Waals surface area contributed by atoms with Crippen molar-refractivity contribution < 1.29 is 0 Å². The van der Waals surface area contributed by atoms with Gasteiger partial charge in [0.1, 0.15) is 0 Å². The average Bonchev–Trinajstić information content (AvgIpc) is 2.75. The predicted molar refractivity (Wildman–Crippen MR) is 80.7 cm³/mol. The maximum atomic E-state index is 11.7. The van der Waals surface area contributed by atoms with Crippen LogP contribution in [0.3, 0.4) is 0 Å². The number of rotatable bonds is 6. The third-order valence-corrected chi connectivity index (χ3v) is 4.19. The Morgan fingerprint density at radius 3 is 2.58 bits per heavy atom. The fourth-order valence-electron chi connectivity index (χ4n) is 2.11. The Morgan fingerprint density at radius 2 is 2.00 bits per heavy atom. The van der Waals surface area contributed by atoms with Crippen molar-refractivity contribution in [2.75, 3.05) is 13.1 Å². The van der Waals surface area contributed by atoms with Crippen molar-refractivity contribution >= 4 is 11.3 Å². The maximum absolute atomic E-state index is 11.7. The van der Waals surface area contributed by atoms with Gasteiger partial charge in [-0.2, -0.15) is 0 Å². The molecule has 2 rings (SSSR count). The van der Waals surface area contributed by atoms with E-state index in [0.29, 0.717) is 0 Å². The number of hydrogen-bond acceptors (Lipinski definition) is 3. The van der Waals surface area contributed by atoms with Gasteiger partial charge in [0.2, 0.25) is 0 Å². The molecule has 0 unspecified atom stereocenters. The molecule has 0 saturated carbocycles. The van der Waals surface area contributed by atoms with Gasteiger partial charge >= 0.3 is 4.87 Å². The molecule has 0 aliphatic carbocycles. The van der Waals surface area contributed by atoms with Crippen molar-refractivity contribution in [2.24, 2.45) is 0 Å². The third kappa shape index (κ3) is 3.78. The van der Waals surface area contributed by atoms with Gasteiger partial charge in [-0.05, 0) is 19.0 Å². The number of aromatic nitrogens is 1. The smallest absolute Gasteiger partial charge is 0.302 e. The van der Waals surface area contributed by atoms with E-state index in [4.69, 9.17) is 0 Å². The van der Waals surface area contributed by atoms with Gasteiger partial charge < -0.3 is 4.57 Å². The Bertz CT molecular complexity index is 559. The van der Waals surface area contributed by atoms with Crippen LogP contribution in [0, 0.1) is 6.92 Å². The highest BCUT2D eigenvalue weighted by Crippen LogP contribution is 2.05. The molecule has 0 atom stereocenters. The van der Waals surface area contributed by atoms with Crippen LogP contribution in [0.25, 0.3) is 0 Å². The number of likely N-dealkylation sites (N-methyl/N-ethyl adjacent to an activating group) is 1. The second-order valence-electron chi connectivity index (χ2n) is 4.65. The summed E-state index contributed by atoms with van der Waals surface area (Å²) in [4.78, 5) is 14.2. The van der Waals surface area contributed by atoms with Crippen LogP contribution in [-0.4, -0.2) is 22.6 Å². The molecule has 0 fully saturated rings. The molecule has 0 saturated heterocycles. The highest BCUT2D eigenvalue weighted by atomic mass is 32.1. The fourth-order valence-corrected chi connectivity index (χ4v) is 2.87. The van der Waals surface area contributed by atoms with Gasteiger partial charge in [-0.3, -0.25) is 9.69 Å². The quantitative estimate of drug-likeness (QED) is 0.810. The van der Waals surface area contributed by atoms with E-state index in [1.165, 1.54) is 16.9 Å². The second kappa shape index (κ2) is 6.68. The first-order valence-corrected chi connectivity index (χ1v) is 7.50. The third-order valence-electron chi connectivity index (χ3n) is 3.31. The molecular weight excluding hydrogens is 256 g/mol. The monoisotopic (exact) mass is 276 g/mol. The first-order valence-electron chi connectivity index (χ1n) is 6.62. The lowest BCUT2D eigenvalue weighted by molar-refractivity contribution is 0.266. The molecule has 1 aromatic carbocycles. The summed E-state index contributed by atoms with van der Waals surface area (Å²) in [6, 6.07) is 10.5. The maximum Gasteiger partial charge on any atom is 0.307 e. The zero-order valence-corrected chi connectivity index (χ0v) is 12.3. The van der Waals surface area contributed by atoms with E-state index in [1.54, 1.807) is 0 Å². The zero-order valence-electron chi connectivity index (χ0n) is 11.5. The molecule has 1 heterocycles. The molecule has 1 aromatic heterocycles. The molecule has 0 radical (unpaired) electrons. The van der Waals surface area contributed by atoms with E-state index < -0.39 is 0 Å². The SMILES string of the molecule is CCN(CCn1c(C)csc1=O)Cc1ccccc1. The van der Waals surface area contributed by atoms with Crippen molar-refractivity contribution in [3.05, 3.63) is 56.6 Å². The minimum Gasteiger partial charge on any atom is -0.302 e. The van der Waals surface area contributed by atoms with Crippen LogP contribution in [0.5, 0.6) is 0 Å². The Morgan fingerprint density at radius 1 is 1.26 bits per heavy atom. The molecule has 2 aromatic rings. The molecule has 102 valence electrons. The van der Waals surface area contributed by atoms with Crippen LogP contribution in [-0.2, 0) is 13.1 Å². The van der Waals surface area contributed by atoms with Gasteiger partial charge in [0.25, 0.3) is 0 Å². The van der Waals surface area contributed by atoms with Crippen LogP contribution in [0.2, 0.25) is 0 Å². The summed E-state index contributed by atoms with van der Waals surface area (Å²) < 4.78 is 1.86. The summed E-state index contributed by atoms with van der Waals surface area (Å²) in [5.41, 5.74) is 2.38. The first-order chi connectivity index (χ1) is 9.20. The molecular formula is C15H20N2OS. The van der Waals surface area contributed by atoms with Crippen LogP contribution in [0.4, 0.5) is 0 Å². The first kappa shape index (κ1) is 14.0. The summed E-state index contributed by atoms with van der Waals surface area (Å²) in [6.45, 7) is 7.76. The van der Waals surface area contributed by atoms with E-state index in [1.807, 2.05) is 22.9 Å². The Labute approximate surface area is 118 Å². The molecule has 0 amide bonds. The Hall–Kier alpha value is -1.39. The van der Waals surface area contributed by atoms with Crippen molar-refractivity contribution in [3.63, 3.8) is 0 Å². The van der Waals surface area contributed by atoms with E-state index in [9.17, 15) is 4.79 Å². The zero-order chi connectivity index (χ0) is 13.7. The molecule has 0 N–H and O–H groups in total. The highest BCUT2D eigenvalue weighted by Gasteiger charge is 2.07. The lowest BCUT2D eigenvalue weighted by Crippen LogP contribution is -2.29. The van der Waals surface area contributed by atoms with Crippen molar-refractivity contribution in [2.45, 2.75) is 26.9 Å². The molecule has 3 nitrogen and oxygen atoms in total. The average molecular weight is 276 g/mol. The second-order valence-corrected chi connectivity index (χ2v) is 5.47. The fraction of sp³-hybridized carbons (Fsp3) is 0.400. The topological polar surface area (TPSA) is 25.2 Å². The molecule has 0 aliphatic rings. The highest BCUT2D eigenvalue weighted by molar-refractivity contribution is 7.07. The van der Waals surface area contributed by atoms with Gasteiger partial charge in [-0.25, -0.2) is 0 Å². The van der Waals surface area contributed by atoms with Gasteiger partial charge in [-0.1, -0.05) is 48.6 Å². The Balaban J connectivity index is 1.95. The lowest BCUT2D eigenvalue weighted by atomic mass is 10.2. The van der Waals surface area contributed by atoms with Crippen molar-refractivity contribution in [1.82, 2.24) is 9.47 Å². The molecule has 0 spiro atoms. The molecule has 19 heavy (non-hydrogen) atoms. The summed E-state index contributed by atoms with van der Waals surface area (Å²) in [6.07, 6.45) is 0. The largest absolute Gasteiger partial charge is 0.307 e. The van der Waals surface area contributed by atoms with Gasteiger partial charge in [0, 0.05) is 30.7 Å². The minimum atomic E-state index is 0.147. The summed E-state index contributed by atoms with van der Waals surface area (Å²) in [5.74, 6) is 0. The van der Waals surface area contributed by atoms with E-state index in [2.05, 4.69) is 36.1 Å².